The third-order valence-electron chi connectivity index (χ3n) is 4.78. The van der Waals surface area contributed by atoms with Crippen LogP contribution in [0.2, 0.25) is 0 Å². The van der Waals surface area contributed by atoms with Crippen molar-refractivity contribution in [1.82, 2.24) is 0 Å². The number of rotatable bonds is 20. The predicted octanol–water partition coefficient (Wildman–Crippen LogP) is 7.40. The van der Waals surface area contributed by atoms with Crippen LogP contribution in [0, 0.1) is 0 Å². The Bertz CT molecular complexity index is 654. The molecule has 0 radical (unpaired) electrons. The van der Waals surface area contributed by atoms with Gasteiger partial charge in [0, 0.05) is 0 Å². The Morgan fingerprint density at radius 1 is 0.625 bits per heavy atom. The van der Waals surface area contributed by atoms with E-state index in [0.717, 1.165) is 51.4 Å². The van der Waals surface area contributed by atoms with E-state index in [1.54, 1.807) is 12.1 Å². The number of hydrogen-bond acceptors (Lipinski definition) is 6. The van der Waals surface area contributed by atoms with Crippen LogP contribution in [0.25, 0.3) is 0 Å². The first kappa shape index (κ1) is 29.2. The fraction of sp³-hybridized carbons (Fsp3) is 0.727. The van der Waals surface area contributed by atoms with Crippen molar-refractivity contribution in [2.45, 2.75) is 90.9 Å². The molecule has 2 unspecified atom stereocenters. The molecule has 8 nitrogen and oxygen atoms in total. The molecule has 1 aromatic rings. The second-order valence-corrected chi connectivity index (χ2v) is 10.5. The van der Waals surface area contributed by atoms with Gasteiger partial charge in [-0.25, -0.2) is 9.13 Å². The summed E-state index contributed by atoms with van der Waals surface area (Å²) >= 11 is 0. The average Bonchev–Trinajstić information content (AvgIpc) is 2.73. The minimum Gasteiger partial charge on any atom is -0.400 e. The first-order chi connectivity index (χ1) is 15.3. The Hall–Kier alpha value is -0.880. The van der Waals surface area contributed by atoms with Crippen LogP contribution in [0.5, 0.6) is 11.5 Å². The summed E-state index contributed by atoms with van der Waals surface area (Å²) in [4.78, 5) is 20.0. The third-order valence-corrected chi connectivity index (χ3v) is 6.65. The summed E-state index contributed by atoms with van der Waals surface area (Å²) in [7, 11) is -8.80. The normalized spacial score (nSPS) is 15.1. The second-order valence-electron chi connectivity index (χ2n) is 7.77. The molecule has 186 valence electrons. The maximum absolute atomic E-state index is 12.2. The smallest absolute Gasteiger partial charge is 0.400 e. The minimum absolute atomic E-state index is 0.0861. The molecule has 0 saturated carbocycles. The van der Waals surface area contributed by atoms with Gasteiger partial charge >= 0.3 is 15.6 Å². The number of unbranched alkanes of at least 4 members (excludes halogenated alkanes) is 10. The Kier molecular flexibility index (Phi) is 15.2. The molecule has 0 amide bonds. The number of hydrogen-bond donors (Lipinski definition) is 2. The number of benzene rings is 1. The molecule has 0 heterocycles. The van der Waals surface area contributed by atoms with Crippen LogP contribution < -0.4 is 9.05 Å². The van der Waals surface area contributed by atoms with Crippen LogP contribution in [0.15, 0.2) is 24.3 Å². The van der Waals surface area contributed by atoms with E-state index in [1.165, 1.54) is 25.0 Å². The molecule has 0 fully saturated rings. The van der Waals surface area contributed by atoms with Crippen LogP contribution in [-0.4, -0.2) is 23.0 Å². The summed E-state index contributed by atoms with van der Waals surface area (Å²) in [5, 5.41) is 0. The van der Waals surface area contributed by atoms with Gasteiger partial charge < -0.3 is 9.05 Å². The van der Waals surface area contributed by atoms with E-state index in [-0.39, 0.29) is 24.7 Å². The summed E-state index contributed by atoms with van der Waals surface area (Å²) < 4.78 is 44.7. The first-order valence-electron chi connectivity index (χ1n) is 11.7. The number of para-hydroxylation sites is 2. The van der Waals surface area contributed by atoms with Crippen molar-refractivity contribution < 1.29 is 37.0 Å². The Balaban J connectivity index is 2.47. The maximum atomic E-state index is 12.2. The molecule has 0 saturated heterocycles. The molecule has 1 rings (SSSR count). The van der Waals surface area contributed by atoms with Crippen molar-refractivity contribution in [3.8, 4) is 11.5 Å². The summed E-state index contributed by atoms with van der Waals surface area (Å²) in [5.41, 5.74) is 0. The number of phosphoric acid groups is 2. The van der Waals surface area contributed by atoms with Crippen molar-refractivity contribution in [2.75, 3.05) is 13.2 Å². The van der Waals surface area contributed by atoms with Crippen molar-refractivity contribution >= 4 is 15.6 Å². The van der Waals surface area contributed by atoms with Crippen LogP contribution in [-0.2, 0) is 18.2 Å². The molecule has 0 bridgehead atoms. The lowest BCUT2D eigenvalue weighted by Crippen LogP contribution is -2.03. The monoisotopic (exact) mass is 494 g/mol. The Morgan fingerprint density at radius 2 is 0.969 bits per heavy atom. The third kappa shape index (κ3) is 14.3. The van der Waals surface area contributed by atoms with Crippen molar-refractivity contribution in [3.63, 3.8) is 0 Å². The maximum Gasteiger partial charge on any atom is 0.527 e. The van der Waals surface area contributed by atoms with Gasteiger partial charge in [0.25, 0.3) is 0 Å². The molecule has 2 atom stereocenters. The summed E-state index contributed by atoms with van der Waals surface area (Å²) in [6.45, 7) is 4.45. The molecule has 1 aromatic carbocycles. The second kappa shape index (κ2) is 16.7. The zero-order valence-electron chi connectivity index (χ0n) is 19.4. The van der Waals surface area contributed by atoms with Crippen LogP contribution >= 0.6 is 15.6 Å². The van der Waals surface area contributed by atoms with Crippen molar-refractivity contribution in [3.05, 3.63) is 24.3 Å². The van der Waals surface area contributed by atoms with E-state index in [2.05, 4.69) is 13.8 Å². The van der Waals surface area contributed by atoms with E-state index in [1.807, 2.05) is 0 Å². The van der Waals surface area contributed by atoms with Crippen LogP contribution in [0.1, 0.15) is 90.9 Å². The lowest BCUT2D eigenvalue weighted by molar-refractivity contribution is 0.188. The van der Waals surface area contributed by atoms with Gasteiger partial charge in [-0.3, -0.25) is 18.8 Å². The fourth-order valence-corrected chi connectivity index (χ4v) is 4.65. The van der Waals surface area contributed by atoms with E-state index in [9.17, 15) is 18.9 Å². The topological polar surface area (TPSA) is 112 Å². The quantitative estimate of drug-likeness (QED) is 0.142. The van der Waals surface area contributed by atoms with E-state index in [4.69, 9.17) is 18.1 Å². The predicted molar refractivity (Wildman–Crippen MR) is 126 cm³/mol. The lowest BCUT2D eigenvalue weighted by Gasteiger charge is -2.18. The zero-order valence-corrected chi connectivity index (χ0v) is 21.2. The van der Waals surface area contributed by atoms with Gasteiger partial charge in [0.15, 0.2) is 11.5 Å². The highest BCUT2D eigenvalue weighted by molar-refractivity contribution is 7.48. The van der Waals surface area contributed by atoms with Gasteiger partial charge in [0.2, 0.25) is 0 Å². The molecule has 0 aliphatic rings. The summed E-state index contributed by atoms with van der Waals surface area (Å²) in [5.74, 6) is -0.336. The van der Waals surface area contributed by atoms with Gasteiger partial charge in [-0.05, 0) is 25.0 Å². The highest BCUT2D eigenvalue weighted by atomic mass is 31.2. The molecular weight excluding hydrogens is 454 g/mol. The molecule has 2 N–H and O–H groups in total. The SMILES string of the molecule is CCCCCCCCOP(=O)(O)Oc1ccccc1OP(=O)(O)OCCCCCCCC. The molecular formula is C22H40O8P2. The van der Waals surface area contributed by atoms with E-state index < -0.39 is 15.6 Å². The van der Waals surface area contributed by atoms with Gasteiger partial charge in [-0.15, -0.1) is 0 Å². The highest BCUT2D eigenvalue weighted by Crippen LogP contribution is 2.51. The first-order valence-corrected chi connectivity index (χ1v) is 14.7. The van der Waals surface area contributed by atoms with Crippen molar-refractivity contribution in [2.24, 2.45) is 0 Å². The Labute approximate surface area is 192 Å². The molecule has 0 aromatic heterocycles. The molecule has 0 spiro atoms. The lowest BCUT2D eigenvalue weighted by atomic mass is 10.1. The van der Waals surface area contributed by atoms with E-state index in [0.29, 0.717) is 12.8 Å². The van der Waals surface area contributed by atoms with E-state index >= 15 is 0 Å². The highest BCUT2D eigenvalue weighted by Gasteiger charge is 2.28. The fourth-order valence-electron chi connectivity index (χ4n) is 3.03. The van der Waals surface area contributed by atoms with Crippen LogP contribution in [0.3, 0.4) is 0 Å². The summed E-state index contributed by atoms with van der Waals surface area (Å²) in [6.07, 6.45) is 12.1. The van der Waals surface area contributed by atoms with Crippen molar-refractivity contribution in [1.29, 1.82) is 0 Å². The minimum atomic E-state index is -4.40. The van der Waals surface area contributed by atoms with Gasteiger partial charge in [-0.2, -0.15) is 0 Å². The number of phosphoric ester groups is 2. The van der Waals surface area contributed by atoms with Gasteiger partial charge in [0.05, 0.1) is 13.2 Å². The molecule has 0 aliphatic heterocycles. The largest absolute Gasteiger partial charge is 0.527 e. The van der Waals surface area contributed by atoms with Gasteiger partial charge in [0.1, 0.15) is 0 Å². The Morgan fingerprint density at radius 3 is 1.34 bits per heavy atom. The van der Waals surface area contributed by atoms with Crippen LogP contribution in [0.4, 0.5) is 0 Å². The van der Waals surface area contributed by atoms with Gasteiger partial charge in [-0.1, -0.05) is 90.2 Å². The molecule has 32 heavy (non-hydrogen) atoms. The standard InChI is InChI=1S/C22H40O8P2/c1-3-5-7-9-11-15-19-27-31(23,24)29-21-17-13-14-18-22(21)30-32(25,26)28-20-16-12-10-8-6-4-2/h13-14,17-18H,3-12,15-16,19-20H2,1-2H3,(H,23,24)(H,25,26). The zero-order chi connectivity index (χ0) is 23.7. The molecule has 0 aliphatic carbocycles. The summed E-state index contributed by atoms with van der Waals surface area (Å²) in [6, 6.07) is 5.82. The average molecular weight is 495 g/mol. The molecule has 10 heteroatoms.